The average Bonchev–Trinajstić information content (AvgIpc) is 0.909. The molecule has 664 valence electrons. The zero-order valence-electron chi connectivity index (χ0n) is 90.6. The van der Waals surface area contributed by atoms with Crippen molar-refractivity contribution < 1.29 is 326 Å². The fraction of sp³-hybridized carbons (Fsp3) is 0.617. The number of likely N-dealkylation sites (N-methyl/N-ethyl adjacent to an activating group) is 6. The smallest absolute Gasteiger partial charge is 0.872 e. The molecule has 1 heterocycles. The van der Waals surface area contributed by atoms with E-state index in [4.69, 9.17) is 9.47 Å². The predicted molar refractivity (Wildman–Crippen MR) is 457 cm³/mol. The molecule has 0 aromatic heterocycles. The van der Waals surface area contributed by atoms with Gasteiger partial charge in [0, 0.05) is 0 Å². The molecular weight excluding hydrogens is 1520 g/mol. The number of aryl methyl sites for hydroxylation is 18. The molecule has 0 aliphatic carbocycles. The predicted octanol–water partition coefficient (Wildman–Crippen LogP) is -35.7. The van der Waals surface area contributed by atoms with Gasteiger partial charge in [-0.25, -0.2) is 0 Å². The van der Waals surface area contributed by atoms with Crippen molar-refractivity contribution in [2.45, 2.75) is 204 Å². The zero-order chi connectivity index (χ0) is 90.2. The molecule has 1 aliphatic rings. The number of ether oxygens (including phenoxy) is 2. The number of nitrogens with one attached hydrogen (secondary N) is 6. The number of rotatable bonds is 18. The van der Waals surface area contributed by atoms with Gasteiger partial charge >= 0.3 is 226 Å². The molecule has 32 heteroatoms. The number of unbranched alkanes of at least 4 members (excludes halogenated alkanes) is 6. The van der Waals surface area contributed by atoms with Gasteiger partial charge in [-0.3, -0.25) is 0 Å². The van der Waals surface area contributed by atoms with E-state index in [0.29, 0.717) is 0 Å². The van der Waals surface area contributed by atoms with Crippen LogP contribution in [0, 0.1) is 125 Å². The first-order chi connectivity index (χ1) is 53.1. The molecule has 1 saturated heterocycles. The topological polar surface area (TPSA) is 322 Å². The first-order valence-electron chi connectivity index (χ1n) is 41.0. The van der Waals surface area contributed by atoms with E-state index in [1.165, 1.54) is 80.8 Å². The van der Waals surface area contributed by atoms with E-state index in [-0.39, 0.29) is 300 Å². The van der Waals surface area contributed by atoms with Crippen LogP contribution in [0.5, 0.6) is 34.5 Å². The van der Waals surface area contributed by atoms with E-state index in [2.05, 4.69) is 27.7 Å². The summed E-state index contributed by atoms with van der Waals surface area (Å²) in [6.45, 7) is 50.9. The fourth-order valence-electron chi connectivity index (χ4n) is 9.67. The molecule has 20 nitrogen and oxygen atoms in total. The molecule has 126 heavy (non-hydrogen) atoms. The molecule has 1 fully saturated rings. The van der Waals surface area contributed by atoms with E-state index >= 15 is 0 Å². The second kappa shape index (κ2) is 118. The normalized spacial score (nSPS) is 9.57. The van der Waals surface area contributed by atoms with Gasteiger partial charge in [0.15, 0.2) is 0 Å². The van der Waals surface area contributed by atoms with Crippen LogP contribution in [0.3, 0.4) is 0 Å². The minimum atomic E-state index is 0. The fourth-order valence-corrected chi connectivity index (χ4v) is 9.67. The van der Waals surface area contributed by atoms with Gasteiger partial charge < -0.3 is 100 Å². The Morgan fingerprint density at radius 2 is 0.286 bits per heavy atom. The summed E-state index contributed by atoms with van der Waals surface area (Å²) in [5.41, 5.74) is 17.1. The van der Waals surface area contributed by atoms with Crippen molar-refractivity contribution in [2.24, 2.45) is 0 Å². The molecule has 6 aromatic rings. The minimum Gasteiger partial charge on any atom is -0.872 e. The quantitative estimate of drug-likeness (QED) is 0.0344. The maximum atomic E-state index is 11.1. The average molecular weight is 1690 g/mol. The van der Waals surface area contributed by atoms with Crippen LogP contribution in [-0.4, -0.2) is 190 Å². The van der Waals surface area contributed by atoms with E-state index in [1.807, 2.05) is 282 Å². The largest absolute Gasteiger partial charge is 1.00 e. The number of hydrogen-bond acceptors (Lipinski definition) is 14. The Balaban J connectivity index is -0.0000000530. The van der Waals surface area contributed by atoms with Crippen LogP contribution in [0.1, 0.15) is 179 Å². The maximum Gasteiger partial charge on any atom is 1.00 e. The van der Waals surface area contributed by atoms with Crippen LogP contribution in [0.15, 0.2) is 72.8 Å². The van der Waals surface area contributed by atoms with Gasteiger partial charge in [0.25, 0.3) is 0 Å². The summed E-state index contributed by atoms with van der Waals surface area (Å²) in [7, 11) is 23.6. The number of hydrogen-bond donors (Lipinski definition) is 6. The van der Waals surface area contributed by atoms with Crippen LogP contribution in [-0.2, 0) is 9.47 Å². The van der Waals surface area contributed by atoms with Gasteiger partial charge in [-0.2, -0.15) is 0 Å². The summed E-state index contributed by atoms with van der Waals surface area (Å²) in [4.78, 5) is 7.36. The first-order valence-corrected chi connectivity index (χ1v) is 41.0. The van der Waals surface area contributed by atoms with E-state index < -0.39 is 0 Å². The van der Waals surface area contributed by atoms with Crippen LogP contribution < -0.4 is 317 Å². The molecular formula is C94H168Li12N6O14+6. The van der Waals surface area contributed by atoms with Crippen LogP contribution in [0.2, 0.25) is 0 Å². The Kier molecular flexibility index (Phi) is 165. The van der Waals surface area contributed by atoms with Crippen molar-refractivity contribution in [2.75, 3.05) is 190 Å². The molecule has 1 aliphatic heterocycles. The molecule has 7 rings (SSSR count). The zero-order valence-corrected chi connectivity index (χ0v) is 90.6. The summed E-state index contributed by atoms with van der Waals surface area (Å²) in [5.74, 6) is 1.03. The minimum absolute atomic E-state index is 0. The maximum absolute atomic E-state index is 11.1. The summed E-state index contributed by atoms with van der Waals surface area (Å²) >= 11 is 0. The first kappa shape index (κ1) is 176. The molecule has 0 atom stereocenters. The van der Waals surface area contributed by atoms with Gasteiger partial charge in [-0.15, -0.1) is 34.5 Å². The van der Waals surface area contributed by atoms with Crippen LogP contribution in [0.4, 0.5) is 0 Å². The molecule has 0 bridgehead atoms. The molecule has 0 radical (unpaired) electrons. The monoisotopic (exact) mass is 1690 g/mol. The van der Waals surface area contributed by atoms with E-state index in [9.17, 15) is 61.3 Å². The van der Waals surface area contributed by atoms with Crippen molar-refractivity contribution in [3.63, 3.8) is 0 Å². The summed E-state index contributed by atoms with van der Waals surface area (Å²) in [6.07, 6.45) is 11.1. The van der Waals surface area contributed by atoms with Gasteiger partial charge in [0.2, 0.25) is 0 Å². The third-order valence-electron chi connectivity index (χ3n) is 15.9. The van der Waals surface area contributed by atoms with Gasteiger partial charge in [0.05, 0.1) is 150 Å². The van der Waals surface area contributed by atoms with Gasteiger partial charge in [-0.05, 0) is 125 Å². The van der Waals surface area contributed by atoms with Crippen molar-refractivity contribution in [3.8, 4) is 34.5 Å². The summed E-state index contributed by atoms with van der Waals surface area (Å²) in [5, 5.41) is 125. The van der Waals surface area contributed by atoms with Crippen molar-refractivity contribution in [3.05, 3.63) is 173 Å². The van der Waals surface area contributed by atoms with Crippen molar-refractivity contribution in [1.29, 1.82) is 0 Å². The third-order valence-corrected chi connectivity index (χ3v) is 15.9. The summed E-state index contributed by atoms with van der Waals surface area (Å²) < 4.78 is 9.89. The molecule has 0 amide bonds. The number of benzene rings is 6. The van der Waals surface area contributed by atoms with Crippen LogP contribution >= 0.6 is 0 Å². The second-order valence-electron chi connectivity index (χ2n) is 31.0. The molecule has 6 aromatic carbocycles. The Labute approximate surface area is 917 Å². The Hall–Kier alpha value is 0.729. The Morgan fingerprint density at radius 3 is 0.333 bits per heavy atom. The van der Waals surface area contributed by atoms with Crippen molar-refractivity contribution in [1.82, 2.24) is 0 Å². The standard InChI is InChI=1S/6C9H12O.2C6H14.6C4H10NO.C4H8O2.12Li/c6*1-6-4-7(2)9(10)8(3)5-6;2*1-3-5-6-4-2;6*1-5(2)3-4-6;1-2-6-4-3-5-1;;;;;;;;;;;;/h6*4-5,10H,1-3H3;2*3-6H2,1-2H3;6*3-4H2,1-2H3;1-4H2;;;;;;;;;;;;/q;;;;;;;;6*-1;;12*+1. The van der Waals surface area contributed by atoms with Crippen LogP contribution in [0.25, 0.3) is 0 Å². The molecule has 0 unspecified atom stereocenters. The SMILES string of the molecule is C1COCCO1.CCCCCC.CCCCCC.C[NH+](C)CC[O-].C[NH+](C)CC[O-].C[NH+](C)CC[O-].C[NH+](C)CC[O-].C[NH+](C)CC[O-].C[NH+](C)CC[O-].Cc1cc(C)c([O-])c(C)c1.Cc1cc(C)c([O-])c(C)c1.Cc1cc(C)c([O-])c(C)c1.Cc1cc(C)c([O-])c(C)c1.Cc1cc(C)c([O-])c(C)c1.Cc1cc(C)c([O-])c(C)c1.[Li+].[Li+].[Li+].[Li+].[Li+].[Li+].[Li+].[Li+].[Li+].[Li+].[Li+].[Li+]. The number of quaternary nitrogens is 6. The Bertz CT molecular complexity index is 2590. The molecule has 0 saturated carbocycles. The molecule has 0 spiro atoms. The van der Waals surface area contributed by atoms with Gasteiger partial charge in [-0.1, -0.05) is 292 Å². The van der Waals surface area contributed by atoms with Crippen molar-refractivity contribution >= 4 is 0 Å². The van der Waals surface area contributed by atoms with E-state index in [0.717, 1.165) is 166 Å². The van der Waals surface area contributed by atoms with Gasteiger partial charge in [0.1, 0.15) is 0 Å². The second-order valence-corrected chi connectivity index (χ2v) is 31.0. The summed E-state index contributed by atoms with van der Waals surface area (Å²) in [6, 6.07) is 22.9. The molecule has 6 N–H and O–H groups in total. The third kappa shape index (κ3) is 119. The Morgan fingerprint density at radius 1 is 0.198 bits per heavy atom. The van der Waals surface area contributed by atoms with E-state index in [1.54, 1.807) is 0 Å².